The van der Waals surface area contributed by atoms with Crippen molar-refractivity contribution in [1.82, 2.24) is 4.90 Å². The normalized spacial score (nSPS) is 31.2. The summed E-state index contributed by atoms with van der Waals surface area (Å²) in [4.78, 5) is 46.5. The lowest BCUT2D eigenvalue weighted by Gasteiger charge is -2.40. The standard InChI is InChI=1S/C34H32N2O5S/c1-33-16-7-8-19-41-32(40)28(33)27-30(38)36(26(21-37)23-11-3-2-4-12-23)29-31(39)35(18-9-17-34(27,29)42-33)25-15-14-22-10-5-6-13-24(22)20-25/h2-7,9-17,20,26-29,37H,8,18-19,21H2,1H3/t26-,27+,28-,29?,33+,34+/m1/s1. The fourth-order valence-corrected chi connectivity index (χ4v) is 9.51. The Bertz CT molecular complexity index is 1640. The van der Waals surface area contributed by atoms with Crippen LogP contribution in [0.25, 0.3) is 10.8 Å². The highest BCUT2D eigenvalue weighted by atomic mass is 32.2. The number of amides is 2. The number of thioether (sulfide) groups is 1. The Morgan fingerprint density at radius 1 is 0.929 bits per heavy atom. The van der Waals surface area contributed by atoms with E-state index in [-0.39, 0.29) is 25.0 Å². The third-order valence-corrected chi connectivity index (χ3v) is 11.0. The van der Waals surface area contributed by atoms with Crippen molar-refractivity contribution in [2.45, 2.75) is 34.9 Å². The SMILES string of the molecule is C[C@]12C=CCCOC(=O)[C@H]1[C@H]1C(=O)N([C@H](CO)c3ccccc3)C3C(=O)N(c4ccc5ccccc5c4)CC=C[C@@]31S2. The molecular weight excluding hydrogens is 548 g/mol. The summed E-state index contributed by atoms with van der Waals surface area (Å²) in [6.45, 7) is 2.18. The van der Waals surface area contributed by atoms with E-state index in [0.717, 1.165) is 22.0 Å². The van der Waals surface area contributed by atoms with Crippen LogP contribution in [-0.2, 0) is 19.1 Å². The Morgan fingerprint density at radius 3 is 2.48 bits per heavy atom. The summed E-state index contributed by atoms with van der Waals surface area (Å²) in [7, 11) is 0. The molecular formula is C34H32N2O5S. The van der Waals surface area contributed by atoms with Crippen molar-refractivity contribution < 1.29 is 24.2 Å². The van der Waals surface area contributed by atoms with E-state index in [9.17, 15) is 19.5 Å². The zero-order chi connectivity index (χ0) is 29.1. The van der Waals surface area contributed by atoms with Crippen molar-refractivity contribution in [3.05, 3.63) is 103 Å². The van der Waals surface area contributed by atoms with Crippen LogP contribution in [0.1, 0.15) is 24.9 Å². The molecule has 3 aromatic carbocycles. The first-order valence-electron chi connectivity index (χ1n) is 14.4. The highest BCUT2D eigenvalue weighted by Crippen LogP contribution is 2.66. The molecule has 4 aliphatic heterocycles. The zero-order valence-corrected chi connectivity index (χ0v) is 24.1. The first-order chi connectivity index (χ1) is 20.4. The number of cyclic esters (lactones) is 1. The van der Waals surface area contributed by atoms with Gasteiger partial charge in [0.15, 0.2) is 0 Å². The predicted molar refractivity (Wildman–Crippen MR) is 163 cm³/mol. The van der Waals surface area contributed by atoms with Crippen LogP contribution in [0.15, 0.2) is 97.1 Å². The number of esters is 1. The molecule has 1 N–H and O–H groups in total. The van der Waals surface area contributed by atoms with Crippen LogP contribution < -0.4 is 4.90 Å². The molecule has 8 heteroatoms. The molecule has 42 heavy (non-hydrogen) atoms. The third-order valence-electron chi connectivity index (χ3n) is 9.20. The minimum atomic E-state index is -1.03. The fraction of sp³-hybridized carbons (Fsp3) is 0.324. The molecule has 0 saturated carbocycles. The van der Waals surface area contributed by atoms with Crippen molar-refractivity contribution in [2.75, 3.05) is 24.7 Å². The van der Waals surface area contributed by atoms with Gasteiger partial charge in [-0.05, 0) is 41.8 Å². The van der Waals surface area contributed by atoms with Crippen LogP contribution in [0, 0.1) is 11.8 Å². The number of carbonyl (C=O) groups is 3. The number of hydrogen-bond acceptors (Lipinski definition) is 6. The minimum absolute atomic E-state index is 0.233. The van der Waals surface area contributed by atoms with Crippen molar-refractivity contribution in [1.29, 1.82) is 0 Å². The molecule has 7 rings (SSSR count). The lowest BCUT2D eigenvalue weighted by atomic mass is 9.74. The molecule has 0 bridgehead atoms. The summed E-state index contributed by atoms with van der Waals surface area (Å²) in [6.07, 6.45) is 8.57. The number of aliphatic hydroxyl groups excluding tert-OH is 1. The maximum atomic E-state index is 14.9. The van der Waals surface area contributed by atoms with E-state index in [1.807, 2.05) is 104 Å². The van der Waals surface area contributed by atoms with E-state index in [4.69, 9.17) is 4.74 Å². The first-order valence-corrected chi connectivity index (χ1v) is 15.2. The molecule has 6 atom stereocenters. The van der Waals surface area contributed by atoms with Crippen LogP contribution in [0.4, 0.5) is 5.69 Å². The summed E-state index contributed by atoms with van der Waals surface area (Å²) >= 11 is 1.51. The monoisotopic (exact) mass is 580 g/mol. The molecule has 0 aliphatic carbocycles. The number of hydrogen-bond donors (Lipinski definition) is 1. The van der Waals surface area contributed by atoms with Crippen LogP contribution >= 0.6 is 11.8 Å². The van der Waals surface area contributed by atoms with Crippen LogP contribution in [0.2, 0.25) is 0 Å². The number of fused-ring (bicyclic) bond motifs is 3. The summed E-state index contributed by atoms with van der Waals surface area (Å²) in [5.74, 6) is -2.57. The van der Waals surface area contributed by atoms with E-state index >= 15 is 0 Å². The maximum absolute atomic E-state index is 14.9. The van der Waals surface area contributed by atoms with Gasteiger partial charge in [-0.25, -0.2) is 0 Å². The van der Waals surface area contributed by atoms with Gasteiger partial charge in [0.05, 0.1) is 35.8 Å². The third kappa shape index (κ3) is 3.96. The molecule has 1 unspecified atom stereocenters. The lowest BCUT2D eigenvalue weighted by Crippen LogP contribution is -2.54. The summed E-state index contributed by atoms with van der Waals surface area (Å²) in [6, 6.07) is 21.5. The average molecular weight is 581 g/mol. The van der Waals surface area contributed by atoms with Crippen LogP contribution in [0.5, 0.6) is 0 Å². The van der Waals surface area contributed by atoms with Crippen molar-refractivity contribution in [3.8, 4) is 0 Å². The van der Waals surface area contributed by atoms with Gasteiger partial charge in [0.1, 0.15) is 6.04 Å². The van der Waals surface area contributed by atoms with Gasteiger partial charge in [0.25, 0.3) is 5.91 Å². The lowest BCUT2D eigenvalue weighted by molar-refractivity contribution is -0.154. The average Bonchev–Trinajstić information content (AvgIpc) is 3.32. The highest BCUT2D eigenvalue weighted by molar-refractivity contribution is 8.02. The fourth-order valence-electron chi connectivity index (χ4n) is 7.37. The molecule has 3 aromatic rings. The second kappa shape index (κ2) is 10.1. The maximum Gasteiger partial charge on any atom is 0.311 e. The van der Waals surface area contributed by atoms with Crippen molar-refractivity contribution in [3.63, 3.8) is 0 Å². The second-order valence-electron chi connectivity index (χ2n) is 11.6. The number of benzene rings is 3. The van der Waals surface area contributed by atoms with Crippen LogP contribution in [0.3, 0.4) is 0 Å². The number of rotatable bonds is 4. The number of likely N-dealkylation sites (tertiary alicyclic amines) is 1. The summed E-state index contributed by atoms with van der Waals surface area (Å²) in [5.41, 5.74) is 1.46. The van der Waals surface area contributed by atoms with Gasteiger partial charge in [0.2, 0.25) is 5.91 Å². The number of nitrogens with zero attached hydrogens (tertiary/aromatic N) is 2. The minimum Gasteiger partial charge on any atom is -0.465 e. The number of aliphatic hydroxyl groups is 1. The molecule has 4 heterocycles. The van der Waals surface area contributed by atoms with E-state index in [1.54, 1.807) is 9.80 Å². The van der Waals surface area contributed by atoms with E-state index in [0.29, 0.717) is 13.0 Å². The smallest absolute Gasteiger partial charge is 0.311 e. The topological polar surface area (TPSA) is 87.1 Å². The molecule has 214 valence electrons. The Balaban J connectivity index is 1.40. The molecule has 2 fully saturated rings. The largest absolute Gasteiger partial charge is 0.465 e. The first kappa shape index (κ1) is 27.0. The molecule has 0 aromatic heterocycles. The van der Waals surface area contributed by atoms with Gasteiger partial charge in [-0.15, -0.1) is 11.8 Å². The molecule has 2 saturated heterocycles. The molecule has 2 amide bonds. The Labute approximate surface area is 248 Å². The quantitative estimate of drug-likeness (QED) is 0.357. The van der Waals surface area contributed by atoms with Gasteiger partial charge >= 0.3 is 5.97 Å². The number of ether oxygens (including phenoxy) is 1. The van der Waals surface area contributed by atoms with Gasteiger partial charge in [-0.3, -0.25) is 14.4 Å². The van der Waals surface area contributed by atoms with Gasteiger partial charge < -0.3 is 19.6 Å². The van der Waals surface area contributed by atoms with Gasteiger partial charge in [-0.1, -0.05) is 85.0 Å². The Kier molecular flexibility index (Phi) is 6.51. The number of carbonyl (C=O) groups excluding carboxylic acids is 3. The van der Waals surface area contributed by atoms with Crippen molar-refractivity contribution >= 4 is 46.0 Å². The second-order valence-corrected chi connectivity index (χ2v) is 13.4. The Hall–Kier alpha value is -3.88. The highest BCUT2D eigenvalue weighted by Gasteiger charge is 2.74. The van der Waals surface area contributed by atoms with Gasteiger partial charge in [-0.2, -0.15) is 0 Å². The Morgan fingerprint density at radius 2 is 1.69 bits per heavy atom. The van der Waals surface area contributed by atoms with E-state index in [1.165, 1.54) is 11.8 Å². The van der Waals surface area contributed by atoms with E-state index < -0.39 is 39.4 Å². The molecule has 1 spiro atoms. The number of anilines is 1. The molecule has 7 nitrogen and oxygen atoms in total. The van der Waals surface area contributed by atoms with E-state index in [2.05, 4.69) is 0 Å². The predicted octanol–water partition coefficient (Wildman–Crippen LogP) is 4.67. The molecule has 4 aliphatic rings. The zero-order valence-electron chi connectivity index (χ0n) is 23.3. The molecule has 0 radical (unpaired) electrons. The summed E-state index contributed by atoms with van der Waals surface area (Å²) < 4.78 is 3.87. The van der Waals surface area contributed by atoms with Gasteiger partial charge in [0, 0.05) is 17.0 Å². The van der Waals surface area contributed by atoms with Crippen molar-refractivity contribution in [2.24, 2.45) is 11.8 Å². The summed E-state index contributed by atoms with van der Waals surface area (Å²) in [5, 5.41) is 12.8. The van der Waals surface area contributed by atoms with Crippen LogP contribution in [-0.4, -0.2) is 63.1 Å².